The lowest BCUT2D eigenvalue weighted by Crippen LogP contribution is -2.15. The van der Waals surface area contributed by atoms with Gasteiger partial charge in [0.15, 0.2) is 11.5 Å². The maximum atomic E-state index is 12.3. The average Bonchev–Trinajstić information content (AvgIpc) is 2.94. The second-order valence-electron chi connectivity index (χ2n) is 5.83. The quantitative estimate of drug-likeness (QED) is 0.794. The number of anilines is 2. The fraction of sp³-hybridized carbons (Fsp3) is 0.278. The number of nitrogens with two attached hydrogens (primary N) is 1. The predicted octanol–water partition coefficient (Wildman–Crippen LogP) is 3.39. The van der Waals surface area contributed by atoms with Gasteiger partial charge in [-0.25, -0.2) is 0 Å². The summed E-state index contributed by atoms with van der Waals surface area (Å²) < 4.78 is 16.2. The lowest BCUT2D eigenvalue weighted by Gasteiger charge is -2.12. The molecule has 2 aromatic rings. The third kappa shape index (κ3) is 4.70. The zero-order chi connectivity index (χ0) is 17.1. The standard InChI is InChI=1S/C18H20N2O4.ClH/c1-11(2)24-13-5-3-4-12(6-13)7-18(21)20-15-9-17-16(8-14(15)19)22-10-23-17;/h3-6,8-9,11H,7,10,19H2,1-2H3,(H,20,21);1H. The highest BCUT2D eigenvalue weighted by atomic mass is 35.5. The maximum absolute atomic E-state index is 12.3. The number of nitrogen functional groups attached to an aromatic ring is 1. The third-order valence-corrected chi connectivity index (χ3v) is 3.45. The number of nitrogens with one attached hydrogen (secondary N) is 1. The first kappa shape index (κ1) is 18.7. The molecule has 7 heteroatoms. The third-order valence-electron chi connectivity index (χ3n) is 3.45. The highest BCUT2D eigenvalue weighted by Crippen LogP contribution is 2.38. The number of hydrogen-bond acceptors (Lipinski definition) is 5. The Morgan fingerprint density at radius 1 is 1.24 bits per heavy atom. The van der Waals surface area contributed by atoms with Crippen LogP contribution < -0.4 is 25.3 Å². The van der Waals surface area contributed by atoms with E-state index in [1.54, 1.807) is 12.1 Å². The zero-order valence-electron chi connectivity index (χ0n) is 14.1. The topological polar surface area (TPSA) is 82.8 Å². The second-order valence-corrected chi connectivity index (χ2v) is 5.83. The first-order chi connectivity index (χ1) is 11.5. The first-order valence-electron chi connectivity index (χ1n) is 7.76. The van der Waals surface area contributed by atoms with E-state index in [-0.39, 0.29) is 37.6 Å². The number of carbonyl (C=O) groups is 1. The van der Waals surface area contributed by atoms with Crippen LogP contribution in [0.1, 0.15) is 19.4 Å². The molecule has 0 atom stereocenters. The highest BCUT2D eigenvalue weighted by Gasteiger charge is 2.17. The van der Waals surface area contributed by atoms with Crippen LogP contribution in [0.4, 0.5) is 11.4 Å². The van der Waals surface area contributed by atoms with E-state index in [9.17, 15) is 4.79 Å². The number of carbonyl (C=O) groups excluding carboxylic acids is 1. The van der Waals surface area contributed by atoms with Crippen LogP contribution in [-0.4, -0.2) is 18.8 Å². The van der Waals surface area contributed by atoms with E-state index >= 15 is 0 Å². The summed E-state index contributed by atoms with van der Waals surface area (Å²) in [6.45, 7) is 4.08. The molecular weight excluding hydrogens is 344 g/mol. The fourth-order valence-corrected chi connectivity index (χ4v) is 2.45. The number of benzene rings is 2. The molecular formula is C18H21ClN2O4. The molecule has 1 aliphatic rings. The van der Waals surface area contributed by atoms with Crippen molar-refractivity contribution >= 4 is 29.7 Å². The number of rotatable bonds is 5. The van der Waals surface area contributed by atoms with Gasteiger partial charge in [0.1, 0.15) is 5.75 Å². The van der Waals surface area contributed by atoms with Crippen molar-refractivity contribution in [1.82, 2.24) is 0 Å². The van der Waals surface area contributed by atoms with Crippen LogP contribution in [0.2, 0.25) is 0 Å². The summed E-state index contributed by atoms with van der Waals surface area (Å²) in [4.78, 5) is 12.3. The lowest BCUT2D eigenvalue weighted by atomic mass is 10.1. The van der Waals surface area contributed by atoms with Gasteiger partial charge in [-0.2, -0.15) is 0 Å². The van der Waals surface area contributed by atoms with Crippen molar-refractivity contribution in [2.75, 3.05) is 17.8 Å². The smallest absolute Gasteiger partial charge is 0.231 e. The van der Waals surface area contributed by atoms with Gasteiger partial charge in [-0.1, -0.05) is 12.1 Å². The van der Waals surface area contributed by atoms with Crippen molar-refractivity contribution < 1.29 is 19.0 Å². The minimum Gasteiger partial charge on any atom is -0.491 e. The Bertz CT molecular complexity index is 765. The van der Waals surface area contributed by atoms with E-state index < -0.39 is 0 Å². The molecule has 0 spiro atoms. The van der Waals surface area contributed by atoms with Crippen molar-refractivity contribution in [3.8, 4) is 17.2 Å². The van der Waals surface area contributed by atoms with Gasteiger partial charge in [-0.15, -0.1) is 12.4 Å². The first-order valence-corrected chi connectivity index (χ1v) is 7.76. The molecule has 134 valence electrons. The second kappa shape index (κ2) is 7.98. The summed E-state index contributed by atoms with van der Waals surface area (Å²) in [5.41, 5.74) is 7.76. The lowest BCUT2D eigenvalue weighted by molar-refractivity contribution is -0.115. The molecule has 3 rings (SSSR count). The molecule has 0 fully saturated rings. The normalized spacial score (nSPS) is 11.8. The number of hydrogen-bond donors (Lipinski definition) is 2. The minimum absolute atomic E-state index is 0. The van der Waals surface area contributed by atoms with Crippen LogP contribution in [0.25, 0.3) is 0 Å². The van der Waals surface area contributed by atoms with Crippen LogP contribution in [0.3, 0.4) is 0 Å². The highest BCUT2D eigenvalue weighted by molar-refractivity contribution is 5.95. The molecule has 6 nitrogen and oxygen atoms in total. The molecule has 0 aromatic heterocycles. The molecule has 1 aliphatic heterocycles. The monoisotopic (exact) mass is 364 g/mol. The zero-order valence-corrected chi connectivity index (χ0v) is 14.9. The van der Waals surface area contributed by atoms with E-state index in [0.717, 1.165) is 11.3 Å². The van der Waals surface area contributed by atoms with E-state index in [4.69, 9.17) is 19.9 Å². The summed E-state index contributed by atoms with van der Waals surface area (Å²) in [7, 11) is 0. The summed E-state index contributed by atoms with van der Waals surface area (Å²) in [6.07, 6.45) is 0.311. The van der Waals surface area contributed by atoms with E-state index in [0.29, 0.717) is 22.9 Å². The van der Waals surface area contributed by atoms with E-state index in [2.05, 4.69) is 5.32 Å². The maximum Gasteiger partial charge on any atom is 0.231 e. The minimum atomic E-state index is -0.165. The summed E-state index contributed by atoms with van der Waals surface area (Å²) in [6, 6.07) is 10.8. The van der Waals surface area contributed by atoms with Crippen molar-refractivity contribution in [3.05, 3.63) is 42.0 Å². The van der Waals surface area contributed by atoms with Crippen LogP contribution in [0.5, 0.6) is 17.2 Å². The SMILES string of the molecule is CC(C)Oc1cccc(CC(=O)Nc2cc3c(cc2N)OCO3)c1.Cl. The van der Waals surface area contributed by atoms with E-state index in [1.165, 1.54) is 0 Å². The Morgan fingerprint density at radius 2 is 1.96 bits per heavy atom. The van der Waals surface area contributed by atoms with Crippen LogP contribution >= 0.6 is 12.4 Å². The van der Waals surface area contributed by atoms with Gasteiger partial charge in [0.25, 0.3) is 0 Å². The summed E-state index contributed by atoms with van der Waals surface area (Å²) >= 11 is 0. The van der Waals surface area contributed by atoms with Gasteiger partial charge in [-0.3, -0.25) is 4.79 Å². The Balaban J connectivity index is 0.00000225. The van der Waals surface area contributed by atoms with Gasteiger partial charge in [0, 0.05) is 12.1 Å². The van der Waals surface area contributed by atoms with Crippen LogP contribution in [0.15, 0.2) is 36.4 Å². The predicted molar refractivity (Wildman–Crippen MR) is 98.8 cm³/mol. The van der Waals surface area contributed by atoms with Gasteiger partial charge in [0.2, 0.25) is 12.7 Å². The number of amides is 1. The average molecular weight is 365 g/mol. The molecule has 3 N–H and O–H groups in total. The molecule has 1 heterocycles. The number of fused-ring (bicyclic) bond motifs is 1. The molecule has 25 heavy (non-hydrogen) atoms. The van der Waals surface area contributed by atoms with Crippen molar-refractivity contribution in [1.29, 1.82) is 0 Å². The molecule has 0 bridgehead atoms. The van der Waals surface area contributed by atoms with Crippen molar-refractivity contribution in [2.24, 2.45) is 0 Å². The van der Waals surface area contributed by atoms with Gasteiger partial charge < -0.3 is 25.3 Å². The van der Waals surface area contributed by atoms with Gasteiger partial charge in [0.05, 0.1) is 23.9 Å². The molecule has 1 amide bonds. The molecule has 0 radical (unpaired) electrons. The van der Waals surface area contributed by atoms with Crippen molar-refractivity contribution in [2.45, 2.75) is 26.4 Å². The molecule has 0 saturated heterocycles. The summed E-state index contributed by atoms with van der Waals surface area (Å²) in [5.74, 6) is 1.75. The molecule has 0 unspecified atom stereocenters. The van der Waals surface area contributed by atoms with E-state index in [1.807, 2.05) is 38.1 Å². The van der Waals surface area contributed by atoms with Crippen LogP contribution in [-0.2, 0) is 11.2 Å². The number of ether oxygens (including phenoxy) is 3. The Labute approximate surface area is 152 Å². The largest absolute Gasteiger partial charge is 0.491 e. The van der Waals surface area contributed by atoms with Gasteiger partial charge >= 0.3 is 0 Å². The van der Waals surface area contributed by atoms with Crippen LogP contribution in [0, 0.1) is 0 Å². The number of halogens is 1. The summed E-state index contributed by atoms with van der Waals surface area (Å²) in [5, 5.41) is 2.81. The van der Waals surface area contributed by atoms with Gasteiger partial charge in [-0.05, 0) is 31.5 Å². The molecule has 0 aliphatic carbocycles. The molecule has 0 saturated carbocycles. The fourth-order valence-electron chi connectivity index (χ4n) is 2.45. The van der Waals surface area contributed by atoms with Crippen molar-refractivity contribution in [3.63, 3.8) is 0 Å². The Hall–Kier alpha value is -2.60. The Kier molecular flexibility index (Phi) is 5.98. The molecule has 2 aromatic carbocycles. The Morgan fingerprint density at radius 3 is 2.68 bits per heavy atom.